The first-order chi connectivity index (χ1) is 10.8. The van der Waals surface area contributed by atoms with Crippen molar-refractivity contribution in [3.63, 3.8) is 0 Å². The molecule has 0 fully saturated rings. The molecule has 1 atom stereocenters. The molecule has 2 aromatic rings. The summed E-state index contributed by atoms with van der Waals surface area (Å²) in [7, 11) is 0. The summed E-state index contributed by atoms with van der Waals surface area (Å²) in [6, 6.07) is 19.3. The molecule has 0 saturated heterocycles. The summed E-state index contributed by atoms with van der Waals surface area (Å²) in [5, 5.41) is 8.98. The standard InChI is InChI=1S/C18H16N2O2/c19-11-10-16-12-15-8-4-5-9-17(15)20(16)18(21)22-13-14-6-2-1-3-7-14/h1-9,16H,10,12-13H2. The molecule has 0 aromatic heterocycles. The molecule has 0 bridgehead atoms. The van der Waals surface area contributed by atoms with Crippen LogP contribution in [-0.2, 0) is 17.8 Å². The summed E-state index contributed by atoms with van der Waals surface area (Å²) in [5.41, 5.74) is 2.88. The number of hydrogen-bond acceptors (Lipinski definition) is 3. The smallest absolute Gasteiger partial charge is 0.414 e. The van der Waals surface area contributed by atoms with Crippen LogP contribution >= 0.6 is 0 Å². The highest BCUT2D eigenvalue weighted by atomic mass is 16.6. The number of rotatable bonds is 3. The van der Waals surface area contributed by atoms with Crippen LogP contribution in [0.3, 0.4) is 0 Å². The van der Waals surface area contributed by atoms with Gasteiger partial charge in [0, 0.05) is 0 Å². The van der Waals surface area contributed by atoms with Crippen LogP contribution in [0.25, 0.3) is 0 Å². The third-order valence-corrected chi connectivity index (χ3v) is 3.80. The maximum atomic E-state index is 12.5. The number of ether oxygens (including phenoxy) is 1. The van der Waals surface area contributed by atoms with Gasteiger partial charge in [-0.05, 0) is 23.6 Å². The van der Waals surface area contributed by atoms with Crippen LogP contribution in [0.1, 0.15) is 17.5 Å². The van der Waals surface area contributed by atoms with Gasteiger partial charge in [-0.3, -0.25) is 4.90 Å². The highest BCUT2D eigenvalue weighted by Crippen LogP contribution is 2.33. The average molecular weight is 292 g/mol. The Labute approximate surface area is 129 Å². The Hall–Kier alpha value is -2.80. The van der Waals surface area contributed by atoms with Crippen molar-refractivity contribution in [2.24, 2.45) is 0 Å². The van der Waals surface area contributed by atoms with E-state index in [9.17, 15) is 4.79 Å². The van der Waals surface area contributed by atoms with Crippen molar-refractivity contribution in [1.82, 2.24) is 0 Å². The molecule has 3 rings (SSSR count). The highest BCUT2D eigenvalue weighted by molar-refractivity contribution is 5.91. The first kappa shape index (κ1) is 14.2. The Morgan fingerprint density at radius 2 is 1.91 bits per heavy atom. The van der Waals surface area contributed by atoms with E-state index < -0.39 is 6.09 Å². The Kier molecular flexibility index (Phi) is 4.06. The second kappa shape index (κ2) is 6.31. The molecule has 0 saturated carbocycles. The first-order valence-electron chi connectivity index (χ1n) is 7.24. The van der Waals surface area contributed by atoms with Crippen molar-refractivity contribution in [2.45, 2.75) is 25.5 Å². The fourth-order valence-corrected chi connectivity index (χ4v) is 2.77. The van der Waals surface area contributed by atoms with Crippen LogP contribution < -0.4 is 4.90 Å². The van der Waals surface area contributed by atoms with E-state index in [1.165, 1.54) is 0 Å². The summed E-state index contributed by atoms with van der Waals surface area (Å²) in [4.78, 5) is 14.1. The Morgan fingerprint density at radius 3 is 2.68 bits per heavy atom. The van der Waals surface area contributed by atoms with E-state index in [4.69, 9.17) is 10.00 Å². The topological polar surface area (TPSA) is 53.3 Å². The van der Waals surface area contributed by atoms with Crippen molar-refractivity contribution in [1.29, 1.82) is 5.26 Å². The molecule has 0 aliphatic carbocycles. The predicted octanol–water partition coefficient (Wildman–Crippen LogP) is 3.67. The van der Waals surface area contributed by atoms with Crippen LogP contribution in [0.4, 0.5) is 10.5 Å². The van der Waals surface area contributed by atoms with Gasteiger partial charge in [-0.15, -0.1) is 0 Å². The van der Waals surface area contributed by atoms with Gasteiger partial charge in [0.1, 0.15) is 6.61 Å². The third-order valence-electron chi connectivity index (χ3n) is 3.80. The van der Waals surface area contributed by atoms with Crippen molar-refractivity contribution in [3.8, 4) is 6.07 Å². The zero-order valence-electron chi connectivity index (χ0n) is 12.1. The third kappa shape index (κ3) is 2.79. The zero-order valence-corrected chi connectivity index (χ0v) is 12.1. The van der Waals surface area contributed by atoms with Gasteiger partial charge in [0.25, 0.3) is 0 Å². The molecule has 1 amide bonds. The van der Waals surface area contributed by atoms with Crippen molar-refractivity contribution >= 4 is 11.8 Å². The van der Waals surface area contributed by atoms with Gasteiger partial charge in [0.15, 0.2) is 0 Å². The molecule has 1 aliphatic rings. The molecule has 110 valence electrons. The monoisotopic (exact) mass is 292 g/mol. The number of nitriles is 1. The fourth-order valence-electron chi connectivity index (χ4n) is 2.77. The largest absolute Gasteiger partial charge is 0.444 e. The van der Waals surface area contributed by atoms with E-state index in [1.54, 1.807) is 4.90 Å². The minimum Gasteiger partial charge on any atom is -0.444 e. The van der Waals surface area contributed by atoms with Gasteiger partial charge in [-0.25, -0.2) is 4.79 Å². The number of para-hydroxylation sites is 1. The van der Waals surface area contributed by atoms with Gasteiger partial charge in [0.05, 0.1) is 24.2 Å². The molecule has 0 N–H and O–H groups in total. The molecule has 0 radical (unpaired) electrons. The van der Waals surface area contributed by atoms with E-state index in [-0.39, 0.29) is 12.6 Å². The summed E-state index contributed by atoms with van der Waals surface area (Å²) in [6.45, 7) is 0.234. The quantitative estimate of drug-likeness (QED) is 0.867. The minimum atomic E-state index is -0.394. The minimum absolute atomic E-state index is 0.148. The fraction of sp³-hybridized carbons (Fsp3) is 0.222. The Balaban J connectivity index is 1.76. The molecular formula is C18H16N2O2. The lowest BCUT2D eigenvalue weighted by Gasteiger charge is -2.23. The van der Waals surface area contributed by atoms with Gasteiger partial charge < -0.3 is 4.74 Å². The molecular weight excluding hydrogens is 276 g/mol. The van der Waals surface area contributed by atoms with Crippen LogP contribution in [0, 0.1) is 11.3 Å². The average Bonchev–Trinajstić information content (AvgIpc) is 2.92. The van der Waals surface area contributed by atoms with Gasteiger partial charge in [-0.2, -0.15) is 5.26 Å². The molecule has 1 aliphatic heterocycles. The molecule has 1 heterocycles. The lowest BCUT2D eigenvalue weighted by Crippen LogP contribution is -2.37. The lowest BCUT2D eigenvalue weighted by atomic mass is 10.1. The number of carbonyl (C=O) groups is 1. The zero-order chi connectivity index (χ0) is 15.4. The number of amides is 1. The van der Waals surface area contributed by atoms with Crippen LogP contribution in [0.15, 0.2) is 54.6 Å². The summed E-state index contributed by atoms with van der Waals surface area (Å²) in [6.07, 6.45) is 0.605. The van der Waals surface area contributed by atoms with Crippen molar-refractivity contribution < 1.29 is 9.53 Å². The van der Waals surface area contributed by atoms with Gasteiger partial charge in [0.2, 0.25) is 0 Å². The molecule has 4 nitrogen and oxygen atoms in total. The second-order valence-corrected chi connectivity index (χ2v) is 5.26. The summed E-state index contributed by atoms with van der Waals surface area (Å²) >= 11 is 0. The van der Waals surface area contributed by atoms with E-state index in [1.807, 2.05) is 54.6 Å². The van der Waals surface area contributed by atoms with Crippen LogP contribution in [-0.4, -0.2) is 12.1 Å². The molecule has 2 aromatic carbocycles. The number of carbonyl (C=O) groups excluding carboxylic acids is 1. The number of anilines is 1. The van der Waals surface area contributed by atoms with E-state index in [0.29, 0.717) is 12.8 Å². The summed E-state index contributed by atoms with van der Waals surface area (Å²) in [5.74, 6) is 0. The highest BCUT2D eigenvalue weighted by Gasteiger charge is 2.34. The second-order valence-electron chi connectivity index (χ2n) is 5.26. The maximum Gasteiger partial charge on any atom is 0.414 e. The van der Waals surface area contributed by atoms with E-state index in [0.717, 1.165) is 16.8 Å². The predicted molar refractivity (Wildman–Crippen MR) is 83.3 cm³/mol. The lowest BCUT2D eigenvalue weighted by molar-refractivity contribution is 0.145. The molecule has 0 spiro atoms. The normalized spacial score (nSPS) is 16.0. The molecule has 1 unspecified atom stereocenters. The van der Waals surface area contributed by atoms with Gasteiger partial charge >= 0.3 is 6.09 Å². The number of fused-ring (bicyclic) bond motifs is 1. The van der Waals surface area contributed by atoms with Gasteiger partial charge in [-0.1, -0.05) is 48.5 Å². The van der Waals surface area contributed by atoms with Crippen LogP contribution in [0.5, 0.6) is 0 Å². The van der Waals surface area contributed by atoms with Crippen LogP contribution in [0.2, 0.25) is 0 Å². The first-order valence-corrected chi connectivity index (χ1v) is 7.24. The molecule has 4 heteroatoms. The Bertz CT molecular complexity index is 707. The maximum absolute atomic E-state index is 12.5. The number of benzene rings is 2. The van der Waals surface area contributed by atoms with E-state index >= 15 is 0 Å². The number of nitrogens with zero attached hydrogens (tertiary/aromatic N) is 2. The SMILES string of the molecule is N#CCC1Cc2ccccc2N1C(=O)OCc1ccccc1. The van der Waals surface area contributed by atoms with Crippen molar-refractivity contribution in [3.05, 3.63) is 65.7 Å². The molecule has 22 heavy (non-hydrogen) atoms. The summed E-state index contributed by atoms with van der Waals surface area (Å²) < 4.78 is 5.42. The van der Waals surface area contributed by atoms with E-state index in [2.05, 4.69) is 6.07 Å². The Morgan fingerprint density at radius 1 is 1.18 bits per heavy atom. The van der Waals surface area contributed by atoms with Crippen molar-refractivity contribution in [2.75, 3.05) is 4.90 Å². The number of hydrogen-bond donors (Lipinski definition) is 0.